The molecule has 2 bridgehead atoms. The molecule has 1 aromatic carbocycles. The van der Waals surface area contributed by atoms with Gasteiger partial charge in [0.2, 0.25) is 0 Å². The second kappa shape index (κ2) is 4.69. The van der Waals surface area contributed by atoms with E-state index in [0.717, 1.165) is 30.7 Å². The van der Waals surface area contributed by atoms with Crippen LogP contribution in [0.3, 0.4) is 0 Å². The van der Waals surface area contributed by atoms with Gasteiger partial charge in [-0.2, -0.15) is 0 Å². The Kier molecular flexibility index (Phi) is 2.99. The molecule has 4 rings (SSSR count). The molecule has 0 radical (unpaired) electrons. The number of Topliss-reactive ketones (excluding diaryl/α,β-unsaturated/α-hetero) is 1. The minimum atomic E-state index is -0.0180. The van der Waals surface area contributed by atoms with E-state index in [1.165, 1.54) is 11.1 Å². The van der Waals surface area contributed by atoms with Crippen molar-refractivity contribution in [2.24, 2.45) is 5.92 Å². The summed E-state index contributed by atoms with van der Waals surface area (Å²) in [7, 11) is 3.94. The molecular formula is C19H23NO2. The Balaban J connectivity index is 1.94. The minimum Gasteiger partial charge on any atom is -0.497 e. The second-order valence-electron chi connectivity index (χ2n) is 7.16. The van der Waals surface area contributed by atoms with E-state index >= 15 is 0 Å². The van der Waals surface area contributed by atoms with Gasteiger partial charge in [0.05, 0.1) is 7.11 Å². The maximum atomic E-state index is 12.5. The molecule has 3 atom stereocenters. The Bertz CT molecular complexity index is 678. The van der Waals surface area contributed by atoms with Gasteiger partial charge in [0, 0.05) is 23.8 Å². The van der Waals surface area contributed by atoms with Crippen LogP contribution in [0.4, 0.5) is 0 Å². The number of ether oxygens (including phenoxy) is 1. The number of methoxy groups -OCH3 is 1. The first kappa shape index (κ1) is 14.0. The van der Waals surface area contributed by atoms with Crippen LogP contribution >= 0.6 is 0 Å². The number of piperidine rings is 1. The first-order valence-corrected chi connectivity index (χ1v) is 8.14. The molecule has 3 nitrogen and oxygen atoms in total. The summed E-state index contributed by atoms with van der Waals surface area (Å²) in [6.45, 7) is 3.05. The number of carbonyl (C=O) groups is 1. The summed E-state index contributed by atoms with van der Waals surface area (Å²) in [5, 5.41) is 0. The number of likely N-dealkylation sites (N-methyl/N-ethyl adjacent to an activating group) is 1. The highest BCUT2D eigenvalue weighted by atomic mass is 16.5. The fourth-order valence-electron chi connectivity index (χ4n) is 4.86. The smallest absolute Gasteiger partial charge is 0.159 e. The molecule has 116 valence electrons. The van der Waals surface area contributed by atoms with Gasteiger partial charge in [0.15, 0.2) is 5.78 Å². The van der Waals surface area contributed by atoms with Gasteiger partial charge < -0.3 is 9.64 Å². The highest BCUT2D eigenvalue weighted by Crippen LogP contribution is 2.54. The first-order chi connectivity index (χ1) is 10.5. The molecular weight excluding hydrogens is 274 g/mol. The van der Waals surface area contributed by atoms with Crippen molar-refractivity contribution in [3.8, 4) is 5.75 Å². The van der Waals surface area contributed by atoms with Crippen molar-refractivity contribution in [1.82, 2.24) is 4.90 Å². The van der Waals surface area contributed by atoms with E-state index in [-0.39, 0.29) is 5.41 Å². The van der Waals surface area contributed by atoms with E-state index in [9.17, 15) is 4.79 Å². The molecule has 0 saturated carbocycles. The number of likely N-dealkylation sites (tertiary alicyclic amines) is 1. The summed E-state index contributed by atoms with van der Waals surface area (Å²) in [5.41, 5.74) is 3.69. The lowest BCUT2D eigenvalue weighted by molar-refractivity contribution is -0.119. The van der Waals surface area contributed by atoms with Gasteiger partial charge in [0.1, 0.15) is 5.75 Å². The molecule has 1 heterocycles. The van der Waals surface area contributed by atoms with E-state index < -0.39 is 0 Å². The van der Waals surface area contributed by atoms with Gasteiger partial charge in [-0.25, -0.2) is 0 Å². The van der Waals surface area contributed by atoms with Gasteiger partial charge in [-0.3, -0.25) is 4.79 Å². The third kappa shape index (κ3) is 1.75. The van der Waals surface area contributed by atoms with Gasteiger partial charge in [-0.05, 0) is 62.2 Å². The second-order valence-corrected chi connectivity index (χ2v) is 7.16. The molecule has 0 amide bonds. The number of hydrogen-bond donors (Lipinski definition) is 0. The number of rotatable bonds is 1. The molecule has 0 aromatic heterocycles. The van der Waals surface area contributed by atoms with Crippen LogP contribution < -0.4 is 4.74 Å². The van der Waals surface area contributed by atoms with Crippen molar-refractivity contribution in [2.75, 3.05) is 20.7 Å². The van der Waals surface area contributed by atoms with Crippen molar-refractivity contribution in [2.45, 2.75) is 37.6 Å². The summed E-state index contributed by atoms with van der Waals surface area (Å²) in [6, 6.07) is 6.95. The Morgan fingerprint density at radius 2 is 2.18 bits per heavy atom. The number of benzene rings is 1. The number of nitrogens with zero attached hydrogens (tertiary/aromatic N) is 1. The molecule has 3 aliphatic rings. The van der Waals surface area contributed by atoms with Crippen LogP contribution in [-0.2, 0) is 16.6 Å². The standard InChI is InChI=1S/C19H23NO2/c1-12-8-16-17-9-13-4-5-14(22-3)10-15(13)19(16,11-18(12)21)6-7-20(17)2/h4-5,8,10,16-17H,6-7,9,11H2,1-3H3/t16-,17+,19+/m0/s1. The first-order valence-electron chi connectivity index (χ1n) is 8.14. The average molecular weight is 297 g/mol. The van der Waals surface area contributed by atoms with E-state index in [2.05, 4.69) is 36.2 Å². The van der Waals surface area contributed by atoms with Crippen LogP contribution in [0, 0.1) is 5.92 Å². The zero-order valence-electron chi connectivity index (χ0n) is 13.6. The van der Waals surface area contributed by atoms with Gasteiger partial charge in [-0.1, -0.05) is 12.1 Å². The Morgan fingerprint density at radius 1 is 1.36 bits per heavy atom. The minimum absolute atomic E-state index is 0.0180. The van der Waals surface area contributed by atoms with Crippen LogP contribution in [0.15, 0.2) is 29.8 Å². The van der Waals surface area contributed by atoms with Crippen LogP contribution in [0.25, 0.3) is 0 Å². The third-order valence-corrected chi connectivity index (χ3v) is 6.16. The lowest BCUT2D eigenvalue weighted by atomic mass is 9.53. The normalized spacial score (nSPS) is 33.8. The Labute approximate surface area is 132 Å². The van der Waals surface area contributed by atoms with Gasteiger partial charge in [0.25, 0.3) is 0 Å². The lowest BCUT2D eigenvalue weighted by Gasteiger charge is -2.56. The third-order valence-electron chi connectivity index (χ3n) is 6.16. The molecule has 1 aromatic rings. The quantitative estimate of drug-likeness (QED) is 0.798. The average Bonchev–Trinajstić information content (AvgIpc) is 2.52. The van der Waals surface area contributed by atoms with Gasteiger partial charge >= 0.3 is 0 Å². The fraction of sp³-hybridized carbons (Fsp3) is 0.526. The Morgan fingerprint density at radius 3 is 2.95 bits per heavy atom. The number of fused-ring (bicyclic) bond motifs is 1. The van der Waals surface area contributed by atoms with Crippen molar-refractivity contribution in [1.29, 1.82) is 0 Å². The molecule has 1 saturated heterocycles. The highest BCUT2D eigenvalue weighted by Gasteiger charge is 2.54. The van der Waals surface area contributed by atoms with E-state index in [1.807, 2.05) is 6.92 Å². The van der Waals surface area contributed by atoms with Crippen molar-refractivity contribution in [3.63, 3.8) is 0 Å². The maximum Gasteiger partial charge on any atom is 0.159 e. The molecule has 1 aliphatic heterocycles. The molecule has 0 N–H and O–H groups in total. The molecule has 0 unspecified atom stereocenters. The summed E-state index contributed by atoms with van der Waals surface area (Å²) in [4.78, 5) is 15.0. The predicted octanol–water partition coefficient (Wildman–Crippen LogP) is 2.73. The van der Waals surface area contributed by atoms with Crippen molar-refractivity contribution in [3.05, 3.63) is 41.0 Å². The summed E-state index contributed by atoms with van der Waals surface area (Å²) < 4.78 is 5.45. The summed E-state index contributed by atoms with van der Waals surface area (Å²) in [5.74, 6) is 1.67. The zero-order valence-corrected chi connectivity index (χ0v) is 13.6. The largest absolute Gasteiger partial charge is 0.497 e. The maximum absolute atomic E-state index is 12.5. The number of hydrogen-bond acceptors (Lipinski definition) is 3. The SMILES string of the molecule is COc1ccc2c(c1)[C@]13CCN(C)[C@H](C2)[C@@H]1C=C(C)C(=O)C3. The monoisotopic (exact) mass is 297 g/mol. The van der Waals surface area contributed by atoms with Gasteiger partial charge in [-0.15, -0.1) is 0 Å². The lowest BCUT2D eigenvalue weighted by Crippen LogP contribution is -2.60. The van der Waals surface area contributed by atoms with Crippen molar-refractivity contribution < 1.29 is 9.53 Å². The van der Waals surface area contributed by atoms with E-state index in [0.29, 0.717) is 24.2 Å². The van der Waals surface area contributed by atoms with Crippen LogP contribution in [0.5, 0.6) is 5.75 Å². The summed E-state index contributed by atoms with van der Waals surface area (Å²) in [6.07, 6.45) is 5.04. The number of carbonyl (C=O) groups excluding carboxylic acids is 1. The predicted molar refractivity (Wildman–Crippen MR) is 86.3 cm³/mol. The molecule has 22 heavy (non-hydrogen) atoms. The van der Waals surface area contributed by atoms with E-state index in [4.69, 9.17) is 4.74 Å². The molecule has 0 spiro atoms. The molecule has 3 heteroatoms. The highest BCUT2D eigenvalue weighted by molar-refractivity contribution is 5.97. The van der Waals surface area contributed by atoms with E-state index in [1.54, 1.807) is 7.11 Å². The van der Waals surface area contributed by atoms with Crippen LogP contribution in [-0.4, -0.2) is 37.4 Å². The fourth-order valence-corrected chi connectivity index (χ4v) is 4.86. The number of allylic oxidation sites excluding steroid dienone is 1. The van der Waals surface area contributed by atoms with Crippen molar-refractivity contribution >= 4 is 5.78 Å². The summed E-state index contributed by atoms with van der Waals surface area (Å²) >= 11 is 0. The zero-order chi connectivity index (χ0) is 15.5. The molecule has 1 fully saturated rings. The van der Waals surface area contributed by atoms with Crippen LogP contribution in [0.2, 0.25) is 0 Å². The number of ketones is 1. The molecule has 2 aliphatic carbocycles. The van der Waals surface area contributed by atoms with Crippen LogP contribution in [0.1, 0.15) is 30.9 Å². The Hall–Kier alpha value is -1.61. The topological polar surface area (TPSA) is 29.5 Å².